The zero-order valence-corrected chi connectivity index (χ0v) is 13.7. The molecule has 0 aromatic heterocycles. The van der Waals surface area contributed by atoms with E-state index in [-0.39, 0.29) is 10.9 Å². The lowest BCUT2D eigenvalue weighted by Gasteiger charge is -2.20. The van der Waals surface area contributed by atoms with E-state index < -0.39 is 15.8 Å². The summed E-state index contributed by atoms with van der Waals surface area (Å²) in [5, 5.41) is 0. The molecule has 0 radical (unpaired) electrons. The number of rotatable bonds is 5. The molecule has 118 valence electrons. The van der Waals surface area contributed by atoms with Gasteiger partial charge in [0.25, 0.3) is 0 Å². The molecular weight excluding hydrogens is 301 g/mol. The van der Waals surface area contributed by atoms with Crippen molar-refractivity contribution in [2.45, 2.75) is 38.1 Å². The molecule has 0 saturated carbocycles. The van der Waals surface area contributed by atoms with Crippen molar-refractivity contribution < 1.29 is 12.8 Å². The molecule has 5 heteroatoms. The van der Waals surface area contributed by atoms with Gasteiger partial charge in [0.05, 0.1) is 4.90 Å². The minimum Gasteiger partial charge on any atom is -0.207 e. The first-order valence-electron chi connectivity index (χ1n) is 7.19. The zero-order chi connectivity index (χ0) is 16.3. The maximum atomic E-state index is 13.2. The number of hydrogen-bond acceptors (Lipinski definition) is 2. The van der Waals surface area contributed by atoms with Crippen molar-refractivity contribution in [2.24, 2.45) is 0 Å². The van der Waals surface area contributed by atoms with Crippen LogP contribution in [0.2, 0.25) is 0 Å². The van der Waals surface area contributed by atoms with Gasteiger partial charge in [0.2, 0.25) is 10.0 Å². The van der Waals surface area contributed by atoms with E-state index in [1.54, 1.807) is 6.92 Å². The quantitative estimate of drug-likeness (QED) is 0.908. The van der Waals surface area contributed by atoms with Crippen molar-refractivity contribution >= 4 is 10.0 Å². The molecule has 2 aromatic carbocycles. The highest BCUT2D eigenvalue weighted by Gasteiger charge is 2.22. The van der Waals surface area contributed by atoms with Crippen LogP contribution in [-0.4, -0.2) is 8.42 Å². The smallest absolute Gasteiger partial charge is 0.207 e. The largest absolute Gasteiger partial charge is 0.241 e. The fraction of sp³-hybridized carbons (Fsp3) is 0.294. The van der Waals surface area contributed by atoms with E-state index in [1.165, 1.54) is 12.1 Å². The summed E-state index contributed by atoms with van der Waals surface area (Å²) >= 11 is 0. The molecule has 22 heavy (non-hydrogen) atoms. The molecule has 0 fully saturated rings. The second-order valence-electron chi connectivity index (χ2n) is 5.35. The van der Waals surface area contributed by atoms with Crippen LogP contribution in [0.1, 0.15) is 36.1 Å². The Kier molecular flexibility index (Phi) is 4.98. The van der Waals surface area contributed by atoms with Gasteiger partial charge in [-0.1, -0.05) is 31.2 Å². The zero-order valence-electron chi connectivity index (χ0n) is 12.9. The Labute approximate surface area is 131 Å². The van der Waals surface area contributed by atoms with Crippen LogP contribution in [0, 0.1) is 19.7 Å². The summed E-state index contributed by atoms with van der Waals surface area (Å²) in [7, 11) is -3.70. The topological polar surface area (TPSA) is 46.2 Å². The van der Waals surface area contributed by atoms with Crippen LogP contribution in [0.4, 0.5) is 4.39 Å². The van der Waals surface area contributed by atoms with Gasteiger partial charge in [-0.15, -0.1) is 0 Å². The van der Waals surface area contributed by atoms with Crippen LogP contribution in [0.5, 0.6) is 0 Å². The van der Waals surface area contributed by atoms with Crippen molar-refractivity contribution in [2.75, 3.05) is 0 Å². The molecule has 1 N–H and O–H groups in total. The van der Waals surface area contributed by atoms with Crippen LogP contribution < -0.4 is 4.72 Å². The molecule has 3 nitrogen and oxygen atoms in total. The Hall–Kier alpha value is -1.72. The highest BCUT2D eigenvalue weighted by Crippen LogP contribution is 2.24. The molecule has 1 atom stereocenters. The maximum absolute atomic E-state index is 13.2. The van der Waals surface area contributed by atoms with Gasteiger partial charge >= 0.3 is 0 Å². The predicted octanol–water partition coefficient (Wildman–Crippen LogP) is 3.87. The van der Waals surface area contributed by atoms with E-state index in [9.17, 15) is 12.8 Å². The summed E-state index contributed by atoms with van der Waals surface area (Å²) in [6.07, 6.45) is 0.629. The maximum Gasteiger partial charge on any atom is 0.241 e. The summed E-state index contributed by atoms with van der Waals surface area (Å²) in [4.78, 5) is 0.112. The Morgan fingerprint density at radius 1 is 1.09 bits per heavy atom. The number of aryl methyl sites for hydroxylation is 2. The first-order chi connectivity index (χ1) is 10.3. The number of nitrogens with one attached hydrogen (secondary N) is 1. The molecule has 0 aliphatic heterocycles. The fourth-order valence-corrected chi connectivity index (χ4v) is 4.03. The van der Waals surface area contributed by atoms with E-state index in [4.69, 9.17) is 0 Å². The molecular formula is C17H20FNO2S. The standard InChI is InChI=1S/C17H20FNO2S/c1-4-16(15-8-6-5-7-12(15)2)19-22(20,21)17-10-9-14(18)11-13(17)3/h5-11,16,19H,4H2,1-3H3. The molecule has 0 bridgehead atoms. The molecule has 1 unspecified atom stereocenters. The van der Waals surface area contributed by atoms with Crippen LogP contribution in [0.15, 0.2) is 47.4 Å². The van der Waals surface area contributed by atoms with Gasteiger partial charge in [-0.2, -0.15) is 0 Å². The summed E-state index contributed by atoms with van der Waals surface area (Å²) in [6.45, 7) is 5.47. The van der Waals surface area contributed by atoms with E-state index in [0.29, 0.717) is 12.0 Å². The molecule has 0 aliphatic carbocycles. The van der Waals surface area contributed by atoms with Crippen LogP contribution in [0.3, 0.4) is 0 Å². The molecule has 0 heterocycles. The third-order valence-electron chi connectivity index (χ3n) is 3.70. The second kappa shape index (κ2) is 6.58. The van der Waals surface area contributed by atoms with Gasteiger partial charge in [-0.3, -0.25) is 0 Å². The molecule has 0 saturated heterocycles. The number of hydrogen-bond donors (Lipinski definition) is 1. The molecule has 2 aromatic rings. The lowest BCUT2D eigenvalue weighted by atomic mass is 10.0. The van der Waals surface area contributed by atoms with Gasteiger partial charge in [0, 0.05) is 6.04 Å². The first kappa shape index (κ1) is 16.6. The fourth-order valence-electron chi connectivity index (χ4n) is 2.51. The second-order valence-corrected chi connectivity index (χ2v) is 7.03. The van der Waals surface area contributed by atoms with Crippen molar-refractivity contribution in [3.05, 3.63) is 65.0 Å². The molecule has 2 rings (SSSR count). The van der Waals surface area contributed by atoms with Crippen LogP contribution in [0.25, 0.3) is 0 Å². The minimum absolute atomic E-state index is 0.112. The van der Waals surface area contributed by atoms with E-state index >= 15 is 0 Å². The lowest BCUT2D eigenvalue weighted by molar-refractivity contribution is 0.548. The molecule has 0 aliphatic rings. The SMILES string of the molecule is CCC(NS(=O)(=O)c1ccc(F)cc1C)c1ccccc1C. The van der Waals surface area contributed by atoms with Gasteiger partial charge in [0.1, 0.15) is 5.82 Å². The highest BCUT2D eigenvalue weighted by atomic mass is 32.2. The average Bonchev–Trinajstić information content (AvgIpc) is 2.45. The van der Waals surface area contributed by atoms with Crippen molar-refractivity contribution in [1.29, 1.82) is 0 Å². The van der Waals surface area contributed by atoms with E-state index in [0.717, 1.165) is 17.2 Å². The van der Waals surface area contributed by atoms with Crippen molar-refractivity contribution in [3.63, 3.8) is 0 Å². The minimum atomic E-state index is -3.70. The Morgan fingerprint density at radius 3 is 2.36 bits per heavy atom. The Bertz CT molecular complexity index is 772. The van der Waals surface area contributed by atoms with Crippen molar-refractivity contribution in [1.82, 2.24) is 4.72 Å². The number of benzene rings is 2. The van der Waals surface area contributed by atoms with Gasteiger partial charge < -0.3 is 0 Å². The molecule has 0 amide bonds. The molecule has 0 spiro atoms. The Balaban J connectivity index is 2.36. The van der Waals surface area contributed by atoms with Gasteiger partial charge in [0.15, 0.2) is 0 Å². The number of sulfonamides is 1. The monoisotopic (exact) mass is 321 g/mol. The summed E-state index contributed by atoms with van der Waals surface area (Å²) in [5.41, 5.74) is 2.38. The van der Waals surface area contributed by atoms with E-state index in [1.807, 2.05) is 38.1 Å². The van der Waals surface area contributed by atoms with Crippen LogP contribution in [-0.2, 0) is 10.0 Å². The summed E-state index contributed by atoms with van der Waals surface area (Å²) in [5.74, 6) is -0.442. The highest BCUT2D eigenvalue weighted by molar-refractivity contribution is 7.89. The Morgan fingerprint density at radius 2 is 1.77 bits per heavy atom. The summed E-state index contributed by atoms with van der Waals surface area (Å²) in [6, 6.07) is 11.1. The average molecular weight is 321 g/mol. The predicted molar refractivity (Wildman–Crippen MR) is 85.7 cm³/mol. The normalized spacial score (nSPS) is 13.1. The van der Waals surface area contributed by atoms with Crippen molar-refractivity contribution in [3.8, 4) is 0 Å². The third kappa shape index (κ3) is 3.54. The number of halogens is 1. The first-order valence-corrected chi connectivity index (χ1v) is 8.67. The third-order valence-corrected chi connectivity index (χ3v) is 5.33. The van der Waals surface area contributed by atoms with Crippen LogP contribution >= 0.6 is 0 Å². The van der Waals surface area contributed by atoms with E-state index in [2.05, 4.69) is 4.72 Å². The lowest BCUT2D eigenvalue weighted by Crippen LogP contribution is -2.29. The van der Waals surface area contributed by atoms with Gasteiger partial charge in [-0.25, -0.2) is 17.5 Å². The summed E-state index contributed by atoms with van der Waals surface area (Å²) < 4.78 is 41.1. The van der Waals surface area contributed by atoms with Gasteiger partial charge in [-0.05, 0) is 55.2 Å².